The van der Waals surface area contributed by atoms with Crippen LogP contribution in [0.4, 0.5) is 16.8 Å². The van der Waals surface area contributed by atoms with Crippen LogP contribution in [0.25, 0.3) is 0 Å². The molecule has 0 aliphatic carbocycles. The van der Waals surface area contributed by atoms with Crippen LogP contribution in [-0.2, 0) is 6.42 Å². The van der Waals surface area contributed by atoms with Crippen molar-refractivity contribution in [1.82, 2.24) is 20.3 Å². The van der Waals surface area contributed by atoms with Crippen LogP contribution in [0.5, 0.6) is 0 Å². The van der Waals surface area contributed by atoms with Crippen molar-refractivity contribution in [3.63, 3.8) is 0 Å². The summed E-state index contributed by atoms with van der Waals surface area (Å²) in [4.78, 5) is 29.0. The third-order valence-corrected chi connectivity index (χ3v) is 6.28. The standard InChI is InChI=1S/C21H23ClN6OS/c1-13-4-3-5-16(22)15(13)10-17(29)18-12-24-21(30-18)27-19-11-20(26-14(2)25-19)28-8-6-23-7-9-28/h3-5,11-12,23H,6-10H2,1-2H3,(H,24,25,26,27). The molecule has 0 bridgehead atoms. The molecule has 156 valence electrons. The fraction of sp³-hybridized carbons (Fsp3) is 0.333. The predicted molar refractivity (Wildman–Crippen MR) is 121 cm³/mol. The van der Waals surface area contributed by atoms with E-state index in [0.29, 0.717) is 26.7 Å². The van der Waals surface area contributed by atoms with Gasteiger partial charge in [-0.25, -0.2) is 15.0 Å². The Kier molecular flexibility index (Phi) is 6.26. The molecule has 1 aliphatic rings. The second-order valence-electron chi connectivity index (χ2n) is 7.19. The molecule has 2 N–H and O–H groups in total. The number of aromatic nitrogens is 3. The number of rotatable bonds is 6. The number of ketones is 1. The Labute approximate surface area is 184 Å². The third kappa shape index (κ3) is 4.77. The number of nitrogens with zero attached hydrogens (tertiary/aromatic N) is 4. The molecule has 1 saturated heterocycles. The molecule has 0 unspecified atom stereocenters. The zero-order valence-electron chi connectivity index (χ0n) is 16.9. The monoisotopic (exact) mass is 442 g/mol. The summed E-state index contributed by atoms with van der Waals surface area (Å²) >= 11 is 7.58. The summed E-state index contributed by atoms with van der Waals surface area (Å²) in [5.74, 6) is 2.26. The van der Waals surface area contributed by atoms with Crippen molar-refractivity contribution in [2.75, 3.05) is 36.4 Å². The molecule has 1 aromatic carbocycles. The summed E-state index contributed by atoms with van der Waals surface area (Å²) in [7, 11) is 0. The summed E-state index contributed by atoms with van der Waals surface area (Å²) in [6, 6.07) is 7.58. The number of aryl methyl sites for hydroxylation is 2. The molecule has 0 radical (unpaired) electrons. The molecule has 0 amide bonds. The number of piperazine rings is 1. The highest BCUT2D eigenvalue weighted by molar-refractivity contribution is 7.17. The molecule has 3 heterocycles. The molecular weight excluding hydrogens is 420 g/mol. The van der Waals surface area contributed by atoms with Gasteiger partial charge >= 0.3 is 0 Å². The summed E-state index contributed by atoms with van der Waals surface area (Å²) in [6.45, 7) is 7.53. The molecule has 1 fully saturated rings. The van der Waals surface area contributed by atoms with E-state index in [0.717, 1.165) is 43.1 Å². The average molecular weight is 443 g/mol. The van der Waals surface area contributed by atoms with Crippen molar-refractivity contribution >= 4 is 45.5 Å². The number of nitrogens with one attached hydrogen (secondary N) is 2. The minimum Gasteiger partial charge on any atom is -0.354 e. The highest BCUT2D eigenvalue weighted by Gasteiger charge is 2.17. The highest BCUT2D eigenvalue weighted by Crippen LogP contribution is 2.27. The number of halogens is 1. The van der Waals surface area contributed by atoms with E-state index in [1.54, 1.807) is 6.20 Å². The van der Waals surface area contributed by atoms with Crippen molar-refractivity contribution in [2.24, 2.45) is 0 Å². The summed E-state index contributed by atoms with van der Waals surface area (Å²) in [6.07, 6.45) is 1.86. The molecule has 3 aromatic rings. The van der Waals surface area contributed by atoms with E-state index < -0.39 is 0 Å². The van der Waals surface area contributed by atoms with E-state index >= 15 is 0 Å². The van der Waals surface area contributed by atoms with E-state index in [2.05, 4.69) is 30.5 Å². The SMILES string of the molecule is Cc1nc(Nc2ncc(C(=O)Cc3c(C)cccc3Cl)s2)cc(N2CCNCC2)n1. The highest BCUT2D eigenvalue weighted by atomic mass is 35.5. The lowest BCUT2D eigenvalue weighted by molar-refractivity contribution is 0.0996. The molecule has 9 heteroatoms. The van der Waals surface area contributed by atoms with Gasteiger partial charge in [0.2, 0.25) is 0 Å². The molecule has 0 atom stereocenters. The van der Waals surface area contributed by atoms with Crippen LogP contribution in [0.2, 0.25) is 5.02 Å². The van der Waals surface area contributed by atoms with Crippen molar-refractivity contribution in [2.45, 2.75) is 20.3 Å². The molecule has 0 saturated carbocycles. The first kappa shape index (κ1) is 20.7. The Morgan fingerprint density at radius 2 is 2.07 bits per heavy atom. The van der Waals surface area contributed by atoms with Gasteiger partial charge in [-0.3, -0.25) is 4.79 Å². The largest absolute Gasteiger partial charge is 0.354 e. The van der Waals surface area contributed by atoms with Crippen molar-refractivity contribution in [3.8, 4) is 0 Å². The lowest BCUT2D eigenvalue weighted by Crippen LogP contribution is -2.44. The normalized spacial score (nSPS) is 14.0. The molecule has 1 aliphatic heterocycles. The van der Waals surface area contributed by atoms with E-state index in [-0.39, 0.29) is 12.2 Å². The average Bonchev–Trinajstić information content (AvgIpc) is 3.19. The number of carbonyl (C=O) groups excluding carboxylic acids is 1. The van der Waals surface area contributed by atoms with Crippen molar-refractivity contribution in [1.29, 1.82) is 0 Å². The lowest BCUT2D eigenvalue weighted by Gasteiger charge is -2.28. The maximum absolute atomic E-state index is 12.7. The molecule has 4 rings (SSSR count). The van der Waals surface area contributed by atoms with Crippen LogP contribution >= 0.6 is 22.9 Å². The van der Waals surface area contributed by atoms with Gasteiger partial charge in [0.25, 0.3) is 0 Å². The van der Waals surface area contributed by atoms with E-state index in [4.69, 9.17) is 11.6 Å². The number of hydrogen-bond acceptors (Lipinski definition) is 8. The number of Topliss-reactive ketones (excluding diaryl/α,β-unsaturated/α-hetero) is 1. The summed E-state index contributed by atoms with van der Waals surface area (Å²) in [5, 5.41) is 7.80. The Morgan fingerprint density at radius 3 is 2.83 bits per heavy atom. The zero-order valence-corrected chi connectivity index (χ0v) is 18.5. The van der Waals surface area contributed by atoms with Gasteiger partial charge < -0.3 is 15.5 Å². The Balaban J connectivity index is 1.48. The van der Waals surface area contributed by atoms with Gasteiger partial charge in [-0.05, 0) is 31.0 Å². The van der Waals surface area contributed by atoms with E-state index in [9.17, 15) is 4.79 Å². The molecule has 0 spiro atoms. The first-order valence-electron chi connectivity index (χ1n) is 9.81. The van der Waals surface area contributed by atoms with Gasteiger partial charge in [-0.1, -0.05) is 35.1 Å². The molecule has 30 heavy (non-hydrogen) atoms. The molecule has 7 nitrogen and oxygen atoms in total. The number of hydrogen-bond donors (Lipinski definition) is 2. The molecule has 2 aromatic heterocycles. The van der Waals surface area contributed by atoms with E-state index in [1.165, 1.54) is 11.3 Å². The van der Waals surface area contributed by atoms with Gasteiger partial charge in [0.15, 0.2) is 10.9 Å². The topological polar surface area (TPSA) is 83.0 Å². The Morgan fingerprint density at radius 1 is 1.27 bits per heavy atom. The second-order valence-corrected chi connectivity index (χ2v) is 8.62. The fourth-order valence-electron chi connectivity index (χ4n) is 3.38. The molecular formula is C21H23ClN6OS. The Hall–Kier alpha value is -2.55. The smallest absolute Gasteiger partial charge is 0.188 e. The van der Waals surface area contributed by atoms with E-state index in [1.807, 2.05) is 38.1 Å². The number of thiazole rings is 1. The van der Waals surface area contributed by atoms with Crippen LogP contribution in [-0.4, -0.2) is 46.9 Å². The van der Waals surface area contributed by atoms with Gasteiger partial charge in [-0.15, -0.1) is 0 Å². The first-order valence-corrected chi connectivity index (χ1v) is 11.0. The maximum atomic E-state index is 12.7. The quantitative estimate of drug-likeness (QED) is 0.562. The first-order chi connectivity index (χ1) is 14.5. The van der Waals surface area contributed by atoms with Crippen LogP contribution in [0.1, 0.15) is 26.6 Å². The maximum Gasteiger partial charge on any atom is 0.188 e. The van der Waals surface area contributed by atoms with Crippen LogP contribution < -0.4 is 15.5 Å². The zero-order chi connectivity index (χ0) is 21.1. The van der Waals surface area contributed by atoms with Gasteiger partial charge in [0, 0.05) is 43.7 Å². The van der Waals surface area contributed by atoms with Gasteiger partial charge in [0.05, 0.1) is 11.1 Å². The minimum absolute atomic E-state index is 0.00266. The number of anilines is 3. The lowest BCUT2D eigenvalue weighted by atomic mass is 10.0. The summed E-state index contributed by atoms with van der Waals surface area (Å²) < 4.78 is 0. The Bertz CT molecular complexity index is 1040. The number of carbonyl (C=O) groups is 1. The second kappa shape index (κ2) is 9.07. The third-order valence-electron chi connectivity index (χ3n) is 4.97. The van der Waals surface area contributed by atoms with Crippen LogP contribution in [0.3, 0.4) is 0 Å². The minimum atomic E-state index is -0.00266. The number of benzene rings is 1. The van der Waals surface area contributed by atoms with Crippen LogP contribution in [0, 0.1) is 13.8 Å². The van der Waals surface area contributed by atoms with Crippen LogP contribution in [0.15, 0.2) is 30.5 Å². The van der Waals surface area contributed by atoms with Gasteiger partial charge in [-0.2, -0.15) is 0 Å². The van der Waals surface area contributed by atoms with Gasteiger partial charge in [0.1, 0.15) is 17.5 Å². The van der Waals surface area contributed by atoms with Crippen molar-refractivity contribution in [3.05, 3.63) is 57.3 Å². The van der Waals surface area contributed by atoms with Crippen molar-refractivity contribution < 1.29 is 4.79 Å². The fourth-order valence-corrected chi connectivity index (χ4v) is 4.43. The predicted octanol–water partition coefficient (Wildman–Crippen LogP) is 3.78. The summed E-state index contributed by atoms with van der Waals surface area (Å²) in [5.41, 5.74) is 1.87.